The number of carboxylic acids is 1. The first-order valence-electron chi connectivity index (χ1n) is 8.53. The van der Waals surface area contributed by atoms with E-state index in [9.17, 15) is 4.79 Å². The minimum atomic E-state index is -0.825. The Bertz CT molecular complexity index is 904. The topological polar surface area (TPSA) is 102 Å². The minimum absolute atomic E-state index is 0.0758. The van der Waals surface area contributed by atoms with Crippen LogP contribution in [-0.4, -0.2) is 38.2 Å². The Balaban J connectivity index is 1.63. The second kappa shape index (κ2) is 8.31. The fraction of sp³-hybridized carbons (Fsp3) is 0.263. The predicted molar refractivity (Wildman–Crippen MR) is 100 cm³/mol. The number of rotatable bonds is 8. The van der Waals surface area contributed by atoms with E-state index in [1.807, 2.05) is 43.3 Å². The van der Waals surface area contributed by atoms with Gasteiger partial charge < -0.3 is 15.2 Å². The average Bonchev–Trinajstić information content (AvgIpc) is 3.06. The maximum Gasteiger partial charge on any atom is 0.303 e. The Hall–Kier alpha value is -3.42. The lowest BCUT2D eigenvalue weighted by molar-refractivity contribution is -0.136. The molecule has 3 rings (SSSR count). The smallest absolute Gasteiger partial charge is 0.303 e. The Morgan fingerprint density at radius 2 is 1.96 bits per heavy atom. The van der Waals surface area contributed by atoms with Crippen molar-refractivity contribution in [3.8, 4) is 11.6 Å². The van der Waals surface area contributed by atoms with Gasteiger partial charge in [-0.1, -0.05) is 12.1 Å². The molecule has 0 aliphatic rings. The number of nitrogens with one attached hydrogen (secondary N) is 1. The number of aryl methyl sites for hydroxylation is 1. The number of aliphatic carboxylic acids is 1. The highest BCUT2D eigenvalue weighted by atomic mass is 16.5. The normalized spacial score (nSPS) is 10.6. The fourth-order valence-electron chi connectivity index (χ4n) is 2.63. The van der Waals surface area contributed by atoms with Crippen molar-refractivity contribution < 1.29 is 14.6 Å². The molecule has 27 heavy (non-hydrogen) atoms. The first-order chi connectivity index (χ1) is 13.1. The van der Waals surface area contributed by atoms with Gasteiger partial charge in [-0.05, 0) is 48.7 Å². The van der Waals surface area contributed by atoms with E-state index in [2.05, 4.69) is 20.6 Å². The second-order valence-electron chi connectivity index (χ2n) is 6.04. The third kappa shape index (κ3) is 4.60. The number of anilines is 1. The Morgan fingerprint density at radius 1 is 1.19 bits per heavy atom. The van der Waals surface area contributed by atoms with E-state index in [1.54, 1.807) is 18.0 Å². The van der Waals surface area contributed by atoms with Crippen LogP contribution in [0.2, 0.25) is 0 Å². The molecule has 0 amide bonds. The first kappa shape index (κ1) is 18.4. The van der Waals surface area contributed by atoms with Crippen LogP contribution in [0.5, 0.6) is 5.75 Å². The van der Waals surface area contributed by atoms with E-state index in [-0.39, 0.29) is 6.42 Å². The molecular formula is C19H21N5O3. The lowest BCUT2D eigenvalue weighted by Gasteiger charge is -2.08. The number of benzene rings is 1. The summed E-state index contributed by atoms with van der Waals surface area (Å²) in [5.41, 5.74) is 2.86. The zero-order chi connectivity index (χ0) is 19.2. The van der Waals surface area contributed by atoms with Crippen LogP contribution < -0.4 is 10.1 Å². The number of nitrogens with zero attached hydrogens (tertiary/aromatic N) is 4. The molecular weight excluding hydrogens is 346 g/mol. The molecule has 8 nitrogen and oxygen atoms in total. The lowest BCUT2D eigenvalue weighted by Crippen LogP contribution is -2.07. The van der Waals surface area contributed by atoms with Crippen molar-refractivity contribution in [1.82, 2.24) is 20.0 Å². The largest absolute Gasteiger partial charge is 0.497 e. The number of ether oxygens (including phenoxy) is 1. The van der Waals surface area contributed by atoms with E-state index in [4.69, 9.17) is 9.84 Å². The summed E-state index contributed by atoms with van der Waals surface area (Å²) in [4.78, 5) is 10.7. The molecule has 2 heterocycles. The zero-order valence-corrected chi connectivity index (χ0v) is 15.2. The van der Waals surface area contributed by atoms with Gasteiger partial charge in [-0.2, -0.15) is 5.10 Å². The number of carbonyl (C=O) groups is 1. The third-order valence-electron chi connectivity index (χ3n) is 4.22. The molecule has 2 N–H and O–H groups in total. The number of carboxylic acid groups (broad SMARTS) is 1. The van der Waals surface area contributed by atoms with E-state index in [0.29, 0.717) is 24.6 Å². The van der Waals surface area contributed by atoms with Gasteiger partial charge in [0, 0.05) is 18.7 Å². The molecule has 0 aliphatic heterocycles. The maximum atomic E-state index is 10.7. The van der Waals surface area contributed by atoms with Gasteiger partial charge in [0.15, 0.2) is 5.82 Å². The van der Waals surface area contributed by atoms with Crippen LogP contribution in [0.25, 0.3) is 5.82 Å². The van der Waals surface area contributed by atoms with Crippen LogP contribution in [0.15, 0.2) is 42.6 Å². The SMILES string of the molecule is COc1ccc(CNc2ccc(-n3ncc(CCC(=O)O)c3C)nn2)cc1. The predicted octanol–water partition coefficient (Wildman–Crippen LogP) is 2.61. The number of hydrogen-bond donors (Lipinski definition) is 2. The molecule has 2 aromatic heterocycles. The minimum Gasteiger partial charge on any atom is -0.497 e. The Labute approximate surface area is 156 Å². The van der Waals surface area contributed by atoms with Crippen molar-refractivity contribution in [1.29, 1.82) is 0 Å². The van der Waals surface area contributed by atoms with Crippen LogP contribution in [0, 0.1) is 6.92 Å². The van der Waals surface area contributed by atoms with Gasteiger partial charge in [0.1, 0.15) is 11.6 Å². The molecule has 1 aromatic carbocycles. The summed E-state index contributed by atoms with van der Waals surface area (Å²) in [5.74, 6) is 1.24. The molecule has 0 saturated heterocycles. The van der Waals surface area contributed by atoms with E-state index in [0.717, 1.165) is 22.6 Å². The van der Waals surface area contributed by atoms with Crippen LogP contribution in [0.4, 0.5) is 5.82 Å². The van der Waals surface area contributed by atoms with Gasteiger partial charge in [0.2, 0.25) is 0 Å². The van der Waals surface area contributed by atoms with Crippen molar-refractivity contribution in [3.63, 3.8) is 0 Å². The van der Waals surface area contributed by atoms with E-state index in [1.165, 1.54) is 0 Å². The van der Waals surface area contributed by atoms with Crippen LogP contribution >= 0.6 is 0 Å². The molecule has 140 valence electrons. The monoisotopic (exact) mass is 367 g/mol. The quantitative estimate of drug-likeness (QED) is 0.631. The van der Waals surface area contributed by atoms with Gasteiger partial charge in [0.25, 0.3) is 0 Å². The summed E-state index contributed by atoms with van der Waals surface area (Å²) < 4.78 is 6.81. The van der Waals surface area contributed by atoms with Crippen molar-refractivity contribution in [2.24, 2.45) is 0 Å². The molecule has 0 fully saturated rings. The standard InChI is InChI=1S/C19H21N5O3/c1-13-15(5-10-19(25)26)12-21-24(13)18-9-8-17(22-23-18)20-11-14-3-6-16(27-2)7-4-14/h3-4,6-9,12H,5,10-11H2,1-2H3,(H,20,22)(H,25,26). The summed E-state index contributed by atoms with van der Waals surface area (Å²) in [6.45, 7) is 2.51. The van der Waals surface area contributed by atoms with Crippen LogP contribution in [0.1, 0.15) is 23.2 Å². The number of methoxy groups -OCH3 is 1. The molecule has 0 atom stereocenters. The average molecular weight is 367 g/mol. The highest BCUT2D eigenvalue weighted by Crippen LogP contribution is 2.16. The molecule has 0 aliphatic carbocycles. The van der Waals surface area contributed by atoms with Gasteiger partial charge >= 0.3 is 5.97 Å². The molecule has 0 spiro atoms. The Kier molecular flexibility index (Phi) is 5.65. The maximum absolute atomic E-state index is 10.7. The lowest BCUT2D eigenvalue weighted by atomic mass is 10.1. The molecule has 0 bridgehead atoms. The summed E-state index contributed by atoms with van der Waals surface area (Å²) in [6, 6.07) is 11.5. The Morgan fingerprint density at radius 3 is 2.59 bits per heavy atom. The molecule has 0 radical (unpaired) electrons. The summed E-state index contributed by atoms with van der Waals surface area (Å²) >= 11 is 0. The highest BCUT2D eigenvalue weighted by Gasteiger charge is 2.11. The van der Waals surface area contributed by atoms with Crippen LogP contribution in [-0.2, 0) is 17.8 Å². The van der Waals surface area contributed by atoms with Gasteiger partial charge in [0.05, 0.1) is 13.3 Å². The molecule has 8 heteroatoms. The van der Waals surface area contributed by atoms with Crippen LogP contribution in [0.3, 0.4) is 0 Å². The summed E-state index contributed by atoms with van der Waals surface area (Å²) in [7, 11) is 1.64. The molecule has 3 aromatic rings. The zero-order valence-electron chi connectivity index (χ0n) is 15.2. The van der Waals surface area contributed by atoms with Crippen molar-refractivity contribution in [2.75, 3.05) is 12.4 Å². The van der Waals surface area contributed by atoms with Crippen molar-refractivity contribution in [3.05, 3.63) is 59.4 Å². The number of hydrogen-bond acceptors (Lipinski definition) is 6. The second-order valence-corrected chi connectivity index (χ2v) is 6.04. The molecule has 0 unspecified atom stereocenters. The van der Waals surface area contributed by atoms with Crippen molar-refractivity contribution >= 4 is 11.8 Å². The fourth-order valence-corrected chi connectivity index (χ4v) is 2.63. The first-order valence-corrected chi connectivity index (χ1v) is 8.53. The summed E-state index contributed by atoms with van der Waals surface area (Å²) in [5, 5.41) is 24.7. The van der Waals surface area contributed by atoms with Crippen molar-refractivity contribution in [2.45, 2.75) is 26.3 Å². The van der Waals surface area contributed by atoms with E-state index < -0.39 is 5.97 Å². The summed E-state index contributed by atoms with van der Waals surface area (Å²) in [6.07, 6.45) is 2.19. The van der Waals surface area contributed by atoms with Gasteiger partial charge in [-0.25, -0.2) is 4.68 Å². The highest BCUT2D eigenvalue weighted by molar-refractivity contribution is 5.67. The van der Waals surface area contributed by atoms with E-state index >= 15 is 0 Å². The number of aromatic nitrogens is 4. The van der Waals surface area contributed by atoms with Gasteiger partial charge in [-0.3, -0.25) is 4.79 Å². The van der Waals surface area contributed by atoms with Gasteiger partial charge in [-0.15, -0.1) is 10.2 Å². The molecule has 0 saturated carbocycles. The third-order valence-corrected chi connectivity index (χ3v) is 4.22.